The third-order valence-corrected chi connectivity index (χ3v) is 6.97. The highest BCUT2D eigenvalue weighted by atomic mass is 32.2. The second kappa shape index (κ2) is 10.3. The molecule has 0 aliphatic heterocycles. The lowest BCUT2D eigenvalue weighted by Gasteiger charge is -2.23. The number of carbonyl (C=O) groups is 2. The van der Waals surface area contributed by atoms with Gasteiger partial charge in [0.15, 0.2) is 0 Å². The topological polar surface area (TPSA) is 84.0 Å². The maximum atomic E-state index is 13.3. The molecule has 0 aromatic heterocycles. The van der Waals surface area contributed by atoms with Crippen molar-refractivity contribution in [2.24, 2.45) is 0 Å². The van der Waals surface area contributed by atoms with E-state index < -0.39 is 21.9 Å². The molecule has 0 aliphatic carbocycles. The second-order valence-corrected chi connectivity index (χ2v) is 9.53. The molecular weight excluding hydrogens is 440 g/mol. The Bertz CT molecular complexity index is 1230. The number of carbonyl (C=O) groups excluding carboxylic acids is 2. The first kappa shape index (κ1) is 24.0. The zero-order chi connectivity index (χ0) is 24.0. The predicted octanol–water partition coefficient (Wildman–Crippen LogP) is 3.64. The molecule has 0 radical (unpaired) electrons. The Morgan fingerprint density at radius 1 is 0.909 bits per heavy atom. The molecule has 3 aromatic carbocycles. The normalized spacial score (nSPS) is 11.0. The molecule has 3 aromatic rings. The number of amides is 1. The van der Waals surface area contributed by atoms with Gasteiger partial charge in [-0.3, -0.25) is 13.9 Å². The van der Waals surface area contributed by atoms with Crippen LogP contribution >= 0.6 is 0 Å². The Kier molecular flexibility index (Phi) is 7.50. The summed E-state index contributed by atoms with van der Waals surface area (Å²) in [5.74, 6) is -1.04. The van der Waals surface area contributed by atoms with Crippen LogP contribution in [0.2, 0.25) is 0 Å². The first-order chi connectivity index (χ1) is 15.7. The molecule has 0 atom stereocenters. The van der Waals surface area contributed by atoms with Crippen molar-refractivity contribution in [1.82, 2.24) is 4.90 Å². The van der Waals surface area contributed by atoms with Gasteiger partial charge in [-0.15, -0.1) is 0 Å². The van der Waals surface area contributed by atoms with Crippen molar-refractivity contribution in [3.8, 4) is 0 Å². The molecule has 8 heteroatoms. The minimum Gasteiger partial charge on any atom is -0.468 e. The number of sulfonamides is 1. The Hall–Kier alpha value is -3.65. The number of hydrogen-bond acceptors (Lipinski definition) is 5. The van der Waals surface area contributed by atoms with Gasteiger partial charge >= 0.3 is 5.97 Å². The van der Waals surface area contributed by atoms with E-state index in [1.807, 2.05) is 49.4 Å². The molecule has 0 unspecified atom stereocenters. The number of ether oxygens (including phenoxy) is 1. The first-order valence-electron chi connectivity index (χ1n) is 10.3. The number of rotatable bonds is 8. The van der Waals surface area contributed by atoms with Crippen molar-refractivity contribution in [2.45, 2.75) is 18.4 Å². The van der Waals surface area contributed by atoms with Crippen LogP contribution in [0, 0.1) is 6.92 Å². The first-order valence-corrected chi connectivity index (χ1v) is 11.7. The molecule has 0 bridgehead atoms. The molecule has 0 saturated heterocycles. The smallest absolute Gasteiger partial charge is 0.325 e. The van der Waals surface area contributed by atoms with E-state index in [9.17, 15) is 18.0 Å². The lowest BCUT2D eigenvalue weighted by Crippen LogP contribution is -2.36. The summed E-state index contributed by atoms with van der Waals surface area (Å²) in [7, 11) is -1.18. The monoisotopic (exact) mass is 466 g/mol. The van der Waals surface area contributed by atoms with Gasteiger partial charge in [-0.1, -0.05) is 54.1 Å². The van der Waals surface area contributed by atoms with E-state index in [-0.39, 0.29) is 23.5 Å². The number of aryl methyl sites for hydroxylation is 1. The lowest BCUT2D eigenvalue weighted by molar-refractivity contribution is -0.141. The van der Waals surface area contributed by atoms with Crippen LogP contribution in [-0.2, 0) is 26.1 Å². The van der Waals surface area contributed by atoms with E-state index in [0.29, 0.717) is 5.69 Å². The third kappa shape index (κ3) is 5.78. The molecule has 1 amide bonds. The fourth-order valence-corrected chi connectivity index (χ4v) is 4.49. The molecular formula is C25H26N2O5S. The number of nitrogens with zero attached hydrogens (tertiary/aromatic N) is 2. The van der Waals surface area contributed by atoms with Crippen LogP contribution in [0.1, 0.15) is 21.5 Å². The number of hydrogen-bond donors (Lipinski definition) is 0. The van der Waals surface area contributed by atoms with E-state index in [1.165, 1.54) is 47.6 Å². The molecule has 0 heterocycles. The van der Waals surface area contributed by atoms with Crippen molar-refractivity contribution in [3.63, 3.8) is 0 Å². The summed E-state index contributed by atoms with van der Waals surface area (Å²) in [4.78, 5) is 26.5. The third-order valence-electron chi connectivity index (χ3n) is 5.19. The van der Waals surface area contributed by atoms with E-state index >= 15 is 0 Å². The van der Waals surface area contributed by atoms with Gasteiger partial charge in [0.25, 0.3) is 15.9 Å². The molecule has 33 heavy (non-hydrogen) atoms. The highest BCUT2D eigenvalue weighted by Gasteiger charge is 2.25. The molecule has 0 fully saturated rings. The van der Waals surface area contributed by atoms with Gasteiger partial charge in [0.2, 0.25) is 0 Å². The van der Waals surface area contributed by atoms with E-state index in [2.05, 4.69) is 0 Å². The van der Waals surface area contributed by atoms with Gasteiger partial charge in [0, 0.05) is 19.2 Å². The molecule has 172 valence electrons. The van der Waals surface area contributed by atoms with E-state index in [4.69, 9.17) is 4.74 Å². The summed E-state index contributed by atoms with van der Waals surface area (Å²) in [6.07, 6.45) is 0. The number of anilines is 1. The fraction of sp³-hybridized carbons (Fsp3) is 0.200. The molecule has 3 rings (SSSR count). The largest absolute Gasteiger partial charge is 0.468 e. The van der Waals surface area contributed by atoms with Crippen LogP contribution in [0.5, 0.6) is 0 Å². The van der Waals surface area contributed by atoms with Crippen molar-refractivity contribution in [1.29, 1.82) is 0 Å². The van der Waals surface area contributed by atoms with E-state index in [0.717, 1.165) is 11.1 Å². The number of benzene rings is 3. The summed E-state index contributed by atoms with van der Waals surface area (Å²) < 4.78 is 32.3. The number of methoxy groups -OCH3 is 1. The maximum Gasteiger partial charge on any atom is 0.325 e. The highest BCUT2D eigenvalue weighted by Crippen LogP contribution is 2.23. The summed E-state index contributed by atoms with van der Waals surface area (Å²) in [6.45, 7) is 1.84. The van der Waals surface area contributed by atoms with Crippen LogP contribution in [0.25, 0.3) is 0 Å². The van der Waals surface area contributed by atoms with E-state index in [1.54, 1.807) is 12.1 Å². The SMILES string of the molecule is COC(=O)CN(Cc1ccccc1)C(=O)c1cccc(S(=O)(=O)N(C)c2ccc(C)cc2)c1. The Balaban J connectivity index is 1.91. The minimum atomic E-state index is -3.90. The summed E-state index contributed by atoms with van der Waals surface area (Å²) in [5, 5.41) is 0. The van der Waals surface area contributed by atoms with Crippen molar-refractivity contribution >= 4 is 27.6 Å². The minimum absolute atomic E-state index is 0.0193. The molecule has 7 nitrogen and oxygen atoms in total. The van der Waals surface area contributed by atoms with Crippen molar-refractivity contribution < 1.29 is 22.7 Å². The highest BCUT2D eigenvalue weighted by molar-refractivity contribution is 7.92. The van der Waals surface area contributed by atoms with Crippen molar-refractivity contribution in [3.05, 3.63) is 95.6 Å². The summed E-state index contributed by atoms with van der Waals surface area (Å²) in [5.41, 5.74) is 2.51. The molecule has 0 saturated carbocycles. The zero-order valence-electron chi connectivity index (χ0n) is 18.8. The fourth-order valence-electron chi connectivity index (χ4n) is 3.25. The molecule has 0 N–H and O–H groups in total. The average molecular weight is 467 g/mol. The summed E-state index contributed by atoms with van der Waals surface area (Å²) in [6, 6.07) is 22.1. The lowest BCUT2D eigenvalue weighted by atomic mass is 10.1. The van der Waals surface area contributed by atoms with Gasteiger partial charge in [-0.05, 0) is 42.8 Å². The standard InChI is InChI=1S/C25H26N2O5S/c1-19-12-14-22(15-13-19)26(2)33(30,31)23-11-7-10-21(16-23)25(29)27(18-24(28)32-3)17-20-8-5-4-6-9-20/h4-16H,17-18H2,1-3H3. The Morgan fingerprint density at radius 3 is 2.21 bits per heavy atom. The van der Waals surface area contributed by atoms with Crippen molar-refractivity contribution in [2.75, 3.05) is 25.0 Å². The van der Waals surface area contributed by atoms with Gasteiger partial charge in [-0.2, -0.15) is 0 Å². The van der Waals surface area contributed by atoms with Crippen LogP contribution in [0.3, 0.4) is 0 Å². The Labute approximate surface area is 194 Å². The van der Waals surface area contributed by atoms with Crippen LogP contribution in [0.4, 0.5) is 5.69 Å². The average Bonchev–Trinajstić information content (AvgIpc) is 2.83. The van der Waals surface area contributed by atoms with Crippen LogP contribution in [0.15, 0.2) is 83.8 Å². The van der Waals surface area contributed by atoms with Gasteiger partial charge < -0.3 is 9.64 Å². The maximum absolute atomic E-state index is 13.3. The van der Waals surface area contributed by atoms with Crippen LogP contribution < -0.4 is 4.31 Å². The predicted molar refractivity (Wildman–Crippen MR) is 126 cm³/mol. The molecule has 0 spiro atoms. The molecule has 0 aliphatic rings. The van der Waals surface area contributed by atoms with Gasteiger partial charge in [0.05, 0.1) is 17.7 Å². The zero-order valence-corrected chi connectivity index (χ0v) is 19.6. The second-order valence-electron chi connectivity index (χ2n) is 7.56. The van der Waals surface area contributed by atoms with Crippen LogP contribution in [-0.4, -0.2) is 45.9 Å². The Morgan fingerprint density at radius 2 is 1.58 bits per heavy atom. The quantitative estimate of drug-likeness (QED) is 0.474. The van der Waals surface area contributed by atoms with Gasteiger partial charge in [-0.25, -0.2) is 8.42 Å². The number of esters is 1. The summed E-state index contributed by atoms with van der Waals surface area (Å²) >= 11 is 0. The van der Waals surface area contributed by atoms with Gasteiger partial charge in [0.1, 0.15) is 6.54 Å².